The Kier molecular flexibility index (Phi) is 13.0. The lowest BCUT2D eigenvalue weighted by Gasteiger charge is -2.08. The van der Waals surface area contributed by atoms with Crippen LogP contribution in [0.4, 0.5) is 0 Å². The van der Waals surface area contributed by atoms with E-state index in [1.165, 1.54) is 6.42 Å². The van der Waals surface area contributed by atoms with Crippen molar-refractivity contribution in [2.24, 2.45) is 0 Å². The highest BCUT2D eigenvalue weighted by Gasteiger charge is 1.87. The summed E-state index contributed by atoms with van der Waals surface area (Å²) in [7, 11) is 5.61. The van der Waals surface area contributed by atoms with Gasteiger partial charge in [0.05, 0.1) is 0 Å². The van der Waals surface area contributed by atoms with E-state index in [4.69, 9.17) is 0 Å². The number of carboxylic acid groups (broad SMARTS) is 1. The fraction of sp³-hybridized carbons (Fsp3) is 0.889. The minimum Gasteiger partial charge on any atom is -0.550 e. The van der Waals surface area contributed by atoms with Crippen LogP contribution in [0.15, 0.2) is 0 Å². The van der Waals surface area contributed by atoms with E-state index in [-0.39, 0.29) is 6.42 Å². The van der Waals surface area contributed by atoms with Crippen molar-refractivity contribution in [3.05, 3.63) is 0 Å². The zero-order chi connectivity index (χ0) is 10.7. The molecule has 0 saturated carbocycles. The van der Waals surface area contributed by atoms with Gasteiger partial charge in [0.25, 0.3) is 0 Å². The smallest absolute Gasteiger partial charge is 0.0427 e. The van der Waals surface area contributed by atoms with Crippen molar-refractivity contribution in [2.75, 3.05) is 34.2 Å². The molecule has 0 aliphatic heterocycles. The van der Waals surface area contributed by atoms with Crippen molar-refractivity contribution in [1.82, 2.24) is 10.2 Å². The molecule has 0 aromatic heterocycles. The van der Waals surface area contributed by atoms with E-state index in [1.807, 2.05) is 21.1 Å². The average molecular weight is 189 g/mol. The summed E-state index contributed by atoms with van der Waals surface area (Å²) in [5, 5.41) is 12.8. The molecule has 4 heteroatoms. The highest BCUT2D eigenvalue weighted by molar-refractivity contribution is 5.64. The quantitative estimate of drug-likeness (QED) is 0.621. The molecule has 0 amide bonds. The van der Waals surface area contributed by atoms with Gasteiger partial charge in [-0.15, -0.1) is 0 Å². The highest BCUT2D eigenvalue weighted by Crippen LogP contribution is 1.78. The van der Waals surface area contributed by atoms with Gasteiger partial charge in [0, 0.05) is 12.5 Å². The van der Waals surface area contributed by atoms with E-state index >= 15 is 0 Å². The van der Waals surface area contributed by atoms with Gasteiger partial charge in [-0.3, -0.25) is 0 Å². The molecule has 0 aliphatic rings. The lowest BCUT2D eigenvalue weighted by atomic mass is 10.4. The maximum absolute atomic E-state index is 9.77. The predicted octanol–water partition coefficient (Wildman–Crippen LogP) is -0.696. The van der Waals surface area contributed by atoms with E-state index in [0.717, 1.165) is 6.54 Å². The molecule has 4 nitrogen and oxygen atoms in total. The predicted molar refractivity (Wildman–Crippen MR) is 52.4 cm³/mol. The van der Waals surface area contributed by atoms with Crippen molar-refractivity contribution in [3.8, 4) is 0 Å². The molecule has 0 rings (SSSR count). The Morgan fingerprint density at radius 3 is 2.08 bits per heavy atom. The van der Waals surface area contributed by atoms with Crippen LogP contribution in [0.3, 0.4) is 0 Å². The molecule has 0 fully saturated rings. The van der Waals surface area contributed by atoms with Gasteiger partial charge in [-0.05, 0) is 40.5 Å². The van der Waals surface area contributed by atoms with Crippen LogP contribution in [0.1, 0.15) is 19.8 Å². The van der Waals surface area contributed by atoms with Crippen molar-refractivity contribution >= 4 is 5.97 Å². The molecule has 0 heterocycles. The summed E-state index contributed by atoms with van der Waals surface area (Å²) in [6.07, 6.45) is 1.35. The number of carboxylic acids is 1. The summed E-state index contributed by atoms with van der Waals surface area (Å²) in [5.41, 5.74) is 0. The molecule has 0 bridgehead atoms. The number of nitrogens with one attached hydrogen (secondary N) is 1. The van der Waals surface area contributed by atoms with Crippen LogP contribution in [0.2, 0.25) is 0 Å². The van der Waals surface area contributed by atoms with E-state index in [0.29, 0.717) is 6.54 Å². The van der Waals surface area contributed by atoms with Gasteiger partial charge < -0.3 is 20.1 Å². The topological polar surface area (TPSA) is 55.4 Å². The van der Waals surface area contributed by atoms with Gasteiger partial charge in [-0.1, -0.05) is 6.92 Å². The third-order valence-electron chi connectivity index (χ3n) is 1.26. The van der Waals surface area contributed by atoms with Gasteiger partial charge in [0.15, 0.2) is 0 Å². The number of rotatable bonds is 5. The molecular formula is C9H21N2O2-. The standard InChI is InChI=1S/C5H11NO2.C4H11N/c1-6(2)4-3-5(7)8;1-3-4-5-2/h3-4H2,1-2H3,(H,7,8);5H,3-4H2,1-2H3/p-1. The van der Waals surface area contributed by atoms with Crippen LogP contribution in [0.5, 0.6) is 0 Å². The lowest BCUT2D eigenvalue weighted by Crippen LogP contribution is -2.27. The zero-order valence-electron chi connectivity index (χ0n) is 9.09. The maximum atomic E-state index is 9.77. The molecule has 0 spiro atoms. The second kappa shape index (κ2) is 11.4. The van der Waals surface area contributed by atoms with Crippen LogP contribution in [0, 0.1) is 0 Å². The van der Waals surface area contributed by atoms with Crippen molar-refractivity contribution < 1.29 is 9.90 Å². The van der Waals surface area contributed by atoms with Crippen LogP contribution in [-0.2, 0) is 4.79 Å². The Bertz CT molecular complexity index is 114. The fourth-order valence-corrected chi connectivity index (χ4v) is 0.565. The zero-order valence-corrected chi connectivity index (χ0v) is 9.09. The lowest BCUT2D eigenvalue weighted by molar-refractivity contribution is -0.305. The minimum atomic E-state index is -0.987. The fourth-order valence-electron chi connectivity index (χ4n) is 0.565. The molecule has 0 unspecified atom stereocenters. The summed E-state index contributed by atoms with van der Waals surface area (Å²) in [6, 6.07) is 0. The summed E-state index contributed by atoms with van der Waals surface area (Å²) in [4.78, 5) is 11.6. The van der Waals surface area contributed by atoms with E-state index in [2.05, 4.69) is 12.2 Å². The van der Waals surface area contributed by atoms with Gasteiger partial charge in [-0.25, -0.2) is 0 Å². The molecule has 1 N–H and O–H groups in total. The van der Waals surface area contributed by atoms with Gasteiger partial charge >= 0.3 is 0 Å². The average Bonchev–Trinajstić information content (AvgIpc) is 2.03. The molecule has 0 aromatic rings. The first-order valence-corrected chi connectivity index (χ1v) is 4.53. The summed E-state index contributed by atoms with van der Waals surface area (Å²) in [5.74, 6) is -0.987. The highest BCUT2D eigenvalue weighted by atomic mass is 16.4. The Morgan fingerprint density at radius 2 is 2.00 bits per heavy atom. The number of aliphatic carboxylic acids is 1. The normalized spacial score (nSPS) is 9.31. The van der Waals surface area contributed by atoms with Crippen LogP contribution in [0.25, 0.3) is 0 Å². The number of hydrogen-bond acceptors (Lipinski definition) is 4. The summed E-state index contributed by atoms with van der Waals surface area (Å²) < 4.78 is 0. The first-order valence-electron chi connectivity index (χ1n) is 4.53. The van der Waals surface area contributed by atoms with Gasteiger partial charge in [0.2, 0.25) is 0 Å². The van der Waals surface area contributed by atoms with Crippen LogP contribution >= 0.6 is 0 Å². The van der Waals surface area contributed by atoms with Crippen LogP contribution < -0.4 is 10.4 Å². The molecule has 0 saturated heterocycles. The Balaban J connectivity index is 0. The first-order chi connectivity index (χ1) is 6.04. The van der Waals surface area contributed by atoms with E-state index in [9.17, 15) is 9.90 Å². The largest absolute Gasteiger partial charge is 0.550 e. The Labute approximate surface area is 80.9 Å². The molecular weight excluding hydrogens is 168 g/mol. The van der Waals surface area contributed by atoms with Gasteiger partial charge in [-0.2, -0.15) is 0 Å². The third-order valence-corrected chi connectivity index (χ3v) is 1.26. The molecule has 80 valence electrons. The molecule has 13 heavy (non-hydrogen) atoms. The van der Waals surface area contributed by atoms with Crippen molar-refractivity contribution in [2.45, 2.75) is 19.8 Å². The maximum Gasteiger partial charge on any atom is 0.0427 e. The number of hydrogen-bond donors (Lipinski definition) is 1. The molecule has 0 atom stereocenters. The second-order valence-corrected chi connectivity index (χ2v) is 3.03. The first kappa shape index (κ1) is 14.9. The molecule has 0 aromatic carbocycles. The SMILES string of the molecule is CCCNC.CN(C)CCC(=O)[O-]. The summed E-state index contributed by atoms with van der Waals surface area (Å²) >= 11 is 0. The minimum absolute atomic E-state index is 0.118. The van der Waals surface area contributed by atoms with E-state index in [1.54, 1.807) is 4.90 Å². The molecule has 0 radical (unpaired) electrons. The Hall–Kier alpha value is -0.610. The number of carbonyl (C=O) groups excluding carboxylic acids is 1. The Morgan fingerprint density at radius 1 is 1.46 bits per heavy atom. The monoisotopic (exact) mass is 189 g/mol. The van der Waals surface area contributed by atoms with Crippen LogP contribution in [-0.4, -0.2) is 45.1 Å². The number of carbonyl (C=O) groups is 1. The number of nitrogens with zero attached hydrogens (tertiary/aromatic N) is 1. The second-order valence-electron chi connectivity index (χ2n) is 3.03. The third kappa shape index (κ3) is 24.6. The van der Waals surface area contributed by atoms with E-state index < -0.39 is 5.97 Å². The molecule has 0 aliphatic carbocycles. The van der Waals surface area contributed by atoms with Crippen molar-refractivity contribution in [1.29, 1.82) is 0 Å². The van der Waals surface area contributed by atoms with Crippen molar-refractivity contribution in [3.63, 3.8) is 0 Å². The van der Waals surface area contributed by atoms with Gasteiger partial charge in [0.1, 0.15) is 0 Å². The summed E-state index contributed by atoms with van der Waals surface area (Å²) in [6.45, 7) is 3.85.